The van der Waals surface area contributed by atoms with Crippen molar-refractivity contribution < 1.29 is 29.1 Å². The van der Waals surface area contributed by atoms with Gasteiger partial charge < -0.3 is 21.0 Å². The van der Waals surface area contributed by atoms with Gasteiger partial charge in [0, 0.05) is 18.5 Å². The third-order valence-corrected chi connectivity index (χ3v) is 4.12. The van der Waals surface area contributed by atoms with Crippen molar-refractivity contribution in [3.8, 4) is 12.3 Å². The Labute approximate surface area is 181 Å². The number of aromatic nitrogens is 1. The maximum Gasteiger partial charge on any atom is 0.354 e. The summed E-state index contributed by atoms with van der Waals surface area (Å²) in [6, 6.07) is -1.28. The van der Waals surface area contributed by atoms with E-state index in [4.69, 9.17) is 12.2 Å². The number of amides is 2. The number of terminal acetylenes is 1. The molecule has 1 atom stereocenters. The minimum atomic E-state index is -1.50. The fraction of sp³-hybridized carbons (Fsp3) is 0.158. The number of oxime groups is 1. The first-order valence-electron chi connectivity index (χ1n) is 8.37. The monoisotopic (exact) mass is 445 g/mol. The topological polar surface area (TPSA) is 164 Å². The summed E-state index contributed by atoms with van der Waals surface area (Å²) in [5.74, 6) is -1.99. The highest BCUT2D eigenvalue weighted by Crippen LogP contribution is 2.15. The molecule has 0 fully saturated rings. The van der Waals surface area contributed by atoms with Crippen molar-refractivity contribution in [2.45, 2.75) is 19.9 Å². The molecule has 12 heteroatoms. The molecular weight excluding hydrogens is 426 g/mol. The molecule has 0 spiro atoms. The number of allylic oxidation sites excluding steroid dienone is 2. The van der Waals surface area contributed by atoms with Crippen molar-refractivity contribution in [2.24, 2.45) is 5.16 Å². The molecule has 0 saturated heterocycles. The van der Waals surface area contributed by atoms with Gasteiger partial charge in [0.2, 0.25) is 0 Å². The summed E-state index contributed by atoms with van der Waals surface area (Å²) in [5.41, 5.74) is 4.40. The minimum Gasteiger partial charge on any atom is -0.477 e. The standard InChI is InChI=1S/C19H19N5O6S/c1-6-12(7-2)15(18(28)29)24(8-3)17(27)10(4)21-16(26)14(23-30-11(5)25)13-9-31-19(20)22-13/h1,7-10H,2-3H2,4-5H3,(H2,20,22)(H,21,26)(H,28,29)/b15-12+,23-14-. The fourth-order valence-corrected chi connectivity index (χ4v) is 2.66. The normalized spacial score (nSPS) is 12.5. The molecule has 11 nitrogen and oxygen atoms in total. The second kappa shape index (κ2) is 11.1. The molecule has 0 saturated carbocycles. The third kappa shape index (κ3) is 6.38. The highest BCUT2D eigenvalue weighted by molar-refractivity contribution is 7.13. The van der Waals surface area contributed by atoms with E-state index in [-0.39, 0.29) is 16.4 Å². The van der Waals surface area contributed by atoms with Gasteiger partial charge >= 0.3 is 11.9 Å². The Balaban J connectivity index is 3.23. The van der Waals surface area contributed by atoms with E-state index < -0.39 is 41.2 Å². The first-order chi connectivity index (χ1) is 14.6. The van der Waals surface area contributed by atoms with Gasteiger partial charge in [-0.15, -0.1) is 17.8 Å². The molecule has 31 heavy (non-hydrogen) atoms. The number of thiazole rings is 1. The molecular formula is C19H19N5O6S. The van der Waals surface area contributed by atoms with Gasteiger partial charge in [-0.1, -0.05) is 30.3 Å². The second-order valence-electron chi connectivity index (χ2n) is 5.60. The van der Waals surface area contributed by atoms with Gasteiger partial charge in [0.25, 0.3) is 11.8 Å². The van der Waals surface area contributed by atoms with Gasteiger partial charge in [-0.05, 0) is 6.92 Å². The maximum absolute atomic E-state index is 12.8. The van der Waals surface area contributed by atoms with E-state index >= 15 is 0 Å². The summed E-state index contributed by atoms with van der Waals surface area (Å²) in [6.45, 7) is 9.20. The Kier molecular flexibility index (Phi) is 8.86. The van der Waals surface area contributed by atoms with Crippen molar-refractivity contribution in [3.05, 3.63) is 47.8 Å². The number of carboxylic acids is 1. The Bertz CT molecular complexity index is 1030. The van der Waals surface area contributed by atoms with E-state index in [9.17, 15) is 24.3 Å². The zero-order valence-corrected chi connectivity index (χ0v) is 17.4. The Morgan fingerprint density at radius 1 is 1.45 bits per heavy atom. The van der Waals surface area contributed by atoms with E-state index in [0.29, 0.717) is 4.90 Å². The first kappa shape index (κ1) is 24.8. The molecule has 0 radical (unpaired) electrons. The molecule has 1 heterocycles. The summed E-state index contributed by atoms with van der Waals surface area (Å²) in [4.78, 5) is 57.2. The maximum atomic E-state index is 12.8. The molecule has 162 valence electrons. The molecule has 0 bridgehead atoms. The van der Waals surface area contributed by atoms with Gasteiger partial charge in [-0.2, -0.15) is 0 Å². The molecule has 0 aliphatic carbocycles. The van der Waals surface area contributed by atoms with Gasteiger partial charge in [0.1, 0.15) is 17.4 Å². The van der Waals surface area contributed by atoms with E-state index in [2.05, 4.69) is 39.4 Å². The lowest BCUT2D eigenvalue weighted by molar-refractivity contribution is -0.141. The number of hydrogen-bond acceptors (Lipinski definition) is 9. The van der Waals surface area contributed by atoms with Crippen LogP contribution in [-0.2, 0) is 24.0 Å². The van der Waals surface area contributed by atoms with Crippen LogP contribution in [0.4, 0.5) is 5.13 Å². The van der Waals surface area contributed by atoms with Gasteiger partial charge in [-0.25, -0.2) is 14.6 Å². The Morgan fingerprint density at radius 2 is 2.10 bits per heavy atom. The van der Waals surface area contributed by atoms with Crippen LogP contribution in [0, 0.1) is 12.3 Å². The molecule has 0 aromatic carbocycles. The Morgan fingerprint density at radius 3 is 2.52 bits per heavy atom. The number of aliphatic carboxylic acids is 1. The van der Waals surface area contributed by atoms with Gasteiger partial charge in [0.15, 0.2) is 10.8 Å². The molecule has 4 N–H and O–H groups in total. The van der Waals surface area contributed by atoms with Crippen LogP contribution in [0.3, 0.4) is 0 Å². The lowest BCUT2D eigenvalue weighted by Crippen LogP contribution is -2.48. The Hall–Kier alpha value is -4.24. The number of carbonyl (C=O) groups excluding carboxylic acids is 3. The number of carboxylic acid groups (broad SMARTS) is 1. The van der Waals surface area contributed by atoms with Crippen LogP contribution < -0.4 is 11.1 Å². The first-order valence-corrected chi connectivity index (χ1v) is 9.25. The molecule has 1 aromatic heterocycles. The fourth-order valence-electron chi connectivity index (χ4n) is 2.11. The molecule has 0 aliphatic rings. The summed E-state index contributed by atoms with van der Waals surface area (Å²) in [7, 11) is 0. The lowest BCUT2D eigenvalue weighted by atomic mass is 10.1. The predicted molar refractivity (Wildman–Crippen MR) is 113 cm³/mol. The molecule has 0 aliphatic heterocycles. The van der Waals surface area contributed by atoms with Crippen molar-refractivity contribution >= 4 is 45.9 Å². The summed E-state index contributed by atoms with van der Waals surface area (Å²) in [6.07, 6.45) is 7.30. The number of nitrogens with zero attached hydrogens (tertiary/aromatic N) is 3. The van der Waals surface area contributed by atoms with E-state index in [1.54, 1.807) is 0 Å². The molecule has 1 unspecified atom stereocenters. The van der Waals surface area contributed by atoms with Crippen LogP contribution in [0.15, 0.2) is 47.2 Å². The van der Waals surface area contributed by atoms with Crippen molar-refractivity contribution in [1.29, 1.82) is 0 Å². The highest BCUT2D eigenvalue weighted by Gasteiger charge is 2.30. The van der Waals surface area contributed by atoms with Crippen LogP contribution in [-0.4, -0.2) is 50.5 Å². The zero-order chi connectivity index (χ0) is 23.7. The number of nitrogen functional groups attached to an aromatic ring is 1. The summed E-state index contributed by atoms with van der Waals surface area (Å²) in [5, 5.41) is 16.8. The quantitative estimate of drug-likeness (QED) is 0.124. The number of anilines is 1. The van der Waals surface area contributed by atoms with Gasteiger partial charge in [-0.3, -0.25) is 14.5 Å². The number of nitrogens with two attached hydrogens (primary N) is 1. The van der Waals surface area contributed by atoms with Crippen molar-refractivity contribution in [3.63, 3.8) is 0 Å². The highest BCUT2D eigenvalue weighted by atomic mass is 32.1. The van der Waals surface area contributed by atoms with Crippen LogP contribution in [0.2, 0.25) is 0 Å². The van der Waals surface area contributed by atoms with E-state index in [1.807, 2.05) is 0 Å². The number of hydrogen-bond donors (Lipinski definition) is 3. The average Bonchev–Trinajstić information content (AvgIpc) is 3.13. The third-order valence-electron chi connectivity index (χ3n) is 3.44. The van der Waals surface area contributed by atoms with Gasteiger partial charge in [0.05, 0.1) is 5.57 Å². The number of nitrogens with one attached hydrogen (secondary N) is 1. The van der Waals surface area contributed by atoms with E-state index in [0.717, 1.165) is 30.5 Å². The second-order valence-corrected chi connectivity index (χ2v) is 6.49. The molecule has 2 amide bonds. The largest absolute Gasteiger partial charge is 0.477 e. The SMILES string of the molecule is C#C/C(C=C)=C(/C(=O)O)N(C=C)C(=O)C(C)NC(=O)/C(=N\OC(C)=O)c1csc(N)n1. The molecule has 1 rings (SSSR count). The number of carbonyl (C=O) groups is 4. The van der Waals surface area contributed by atoms with Crippen LogP contribution in [0.1, 0.15) is 19.5 Å². The average molecular weight is 445 g/mol. The van der Waals surface area contributed by atoms with Crippen LogP contribution in [0.25, 0.3) is 0 Å². The van der Waals surface area contributed by atoms with Crippen molar-refractivity contribution in [1.82, 2.24) is 15.2 Å². The smallest absolute Gasteiger partial charge is 0.354 e. The van der Waals surface area contributed by atoms with E-state index in [1.165, 1.54) is 12.3 Å². The summed E-state index contributed by atoms with van der Waals surface area (Å²) < 4.78 is 0. The minimum absolute atomic E-state index is 0.00821. The summed E-state index contributed by atoms with van der Waals surface area (Å²) >= 11 is 1.01. The lowest BCUT2D eigenvalue weighted by Gasteiger charge is -2.23. The number of rotatable bonds is 9. The van der Waals surface area contributed by atoms with Crippen molar-refractivity contribution in [2.75, 3.05) is 5.73 Å². The predicted octanol–water partition coefficient (Wildman–Crippen LogP) is 0.627. The van der Waals surface area contributed by atoms with Crippen LogP contribution >= 0.6 is 11.3 Å². The zero-order valence-electron chi connectivity index (χ0n) is 16.6. The van der Waals surface area contributed by atoms with Crippen LogP contribution in [0.5, 0.6) is 0 Å². The molecule has 1 aromatic rings.